The number of sulfonamides is 1. The standard InChI is InChI=1S/C29H41N3O5S/c1-20(2)22-8-12-24(13-9-22)30-26(33)29(31-27(34)37-28(5,6)7)16-18-32(19-17-29)38(35,36)25-14-10-23(11-15-25)21(3)4/h8-15,20-21H,16-19H2,1-7H3,(H,30,33)(H,31,34). The minimum atomic E-state index is -3.75. The molecule has 208 valence electrons. The van der Waals surface area contributed by atoms with E-state index in [2.05, 4.69) is 38.3 Å². The molecule has 1 fully saturated rings. The van der Waals surface area contributed by atoms with E-state index in [0.29, 0.717) is 17.5 Å². The first-order valence-corrected chi connectivity index (χ1v) is 14.6. The third-order valence-electron chi connectivity index (χ3n) is 6.77. The van der Waals surface area contributed by atoms with E-state index in [0.717, 1.165) is 11.1 Å². The molecule has 1 saturated heterocycles. The Labute approximate surface area is 227 Å². The molecular weight excluding hydrogens is 502 g/mol. The van der Waals surface area contributed by atoms with E-state index < -0.39 is 33.2 Å². The smallest absolute Gasteiger partial charge is 0.408 e. The zero-order valence-corrected chi connectivity index (χ0v) is 24.3. The molecule has 2 aromatic carbocycles. The van der Waals surface area contributed by atoms with Crippen molar-refractivity contribution in [3.8, 4) is 0 Å². The van der Waals surface area contributed by atoms with Gasteiger partial charge in [0.15, 0.2) is 0 Å². The van der Waals surface area contributed by atoms with Gasteiger partial charge in [-0.15, -0.1) is 0 Å². The lowest BCUT2D eigenvalue weighted by Crippen LogP contribution is -2.62. The third-order valence-corrected chi connectivity index (χ3v) is 8.68. The van der Waals surface area contributed by atoms with Crippen molar-refractivity contribution in [2.24, 2.45) is 0 Å². The monoisotopic (exact) mass is 543 g/mol. The molecule has 0 saturated carbocycles. The van der Waals surface area contributed by atoms with Gasteiger partial charge in [-0.3, -0.25) is 4.79 Å². The molecule has 2 aromatic rings. The van der Waals surface area contributed by atoms with Gasteiger partial charge in [0.25, 0.3) is 0 Å². The quantitative estimate of drug-likeness (QED) is 0.472. The van der Waals surface area contributed by atoms with Crippen LogP contribution in [-0.4, -0.2) is 49.0 Å². The summed E-state index contributed by atoms with van der Waals surface area (Å²) in [6.45, 7) is 13.7. The van der Waals surface area contributed by atoms with E-state index in [9.17, 15) is 18.0 Å². The zero-order valence-electron chi connectivity index (χ0n) is 23.5. The van der Waals surface area contributed by atoms with E-state index in [4.69, 9.17) is 4.74 Å². The summed E-state index contributed by atoms with van der Waals surface area (Å²) in [7, 11) is -3.75. The fourth-order valence-electron chi connectivity index (χ4n) is 4.39. The van der Waals surface area contributed by atoms with Crippen LogP contribution in [0.5, 0.6) is 0 Å². The Kier molecular flexibility index (Phi) is 8.93. The number of nitrogens with one attached hydrogen (secondary N) is 2. The third kappa shape index (κ3) is 7.14. The van der Waals surface area contributed by atoms with Gasteiger partial charge < -0.3 is 15.4 Å². The molecule has 0 unspecified atom stereocenters. The molecule has 38 heavy (non-hydrogen) atoms. The first-order valence-electron chi connectivity index (χ1n) is 13.2. The van der Waals surface area contributed by atoms with Crippen LogP contribution in [-0.2, 0) is 19.6 Å². The highest BCUT2D eigenvalue weighted by molar-refractivity contribution is 7.89. The number of piperidine rings is 1. The second-order valence-corrected chi connectivity index (χ2v) is 13.5. The number of carbonyl (C=O) groups is 2. The number of amides is 2. The number of alkyl carbamates (subject to hydrolysis) is 1. The molecule has 0 bridgehead atoms. The molecule has 2 N–H and O–H groups in total. The molecule has 2 amide bonds. The maximum atomic E-state index is 13.6. The van der Waals surface area contributed by atoms with Gasteiger partial charge in [-0.2, -0.15) is 4.31 Å². The van der Waals surface area contributed by atoms with Crippen molar-refractivity contribution in [3.63, 3.8) is 0 Å². The van der Waals surface area contributed by atoms with Crippen molar-refractivity contribution in [3.05, 3.63) is 59.7 Å². The Bertz CT molecular complexity index is 1220. The largest absolute Gasteiger partial charge is 0.444 e. The number of ether oxygens (including phenoxy) is 1. The van der Waals surface area contributed by atoms with Crippen LogP contribution in [0.3, 0.4) is 0 Å². The minimum absolute atomic E-state index is 0.0732. The second kappa shape index (κ2) is 11.5. The average molecular weight is 544 g/mol. The summed E-state index contributed by atoms with van der Waals surface area (Å²) < 4.78 is 33.5. The Morgan fingerprint density at radius 2 is 1.34 bits per heavy atom. The Morgan fingerprint density at radius 1 is 0.868 bits per heavy atom. The molecule has 0 aliphatic carbocycles. The maximum Gasteiger partial charge on any atom is 0.408 e. The molecule has 0 aromatic heterocycles. The van der Waals surface area contributed by atoms with Crippen LogP contribution in [0.25, 0.3) is 0 Å². The van der Waals surface area contributed by atoms with Crippen LogP contribution in [0.4, 0.5) is 10.5 Å². The van der Waals surface area contributed by atoms with Crippen molar-refractivity contribution in [2.45, 2.75) is 89.2 Å². The predicted molar refractivity (Wildman–Crippen MR) is 150 cm³/mol. The first kappa shape index (κ1) is 29.6. The van der Waals surface area contributed by atoms with Gasteiger partial charge in [0.05, 0.1) is 4.90 Å². The highest BCUT2D eigenvalue weighted by Gasteiger charge is 2.46. The van der Waals surface area contributed by atoms with E-state index in [1.165, 1.54) is 4.31 Å². The van der Waals surface area contributed by atoms with E-state index in [-0.39, 0.29) is 30.8 Å². The molecule has 0 radical (unpaired) electrons. The van der Waals surface area contributed by atoms with Crippen molar-refractivity contribution in [1.82, 2.24) is 9.62 Å². The minimum Gasteiger partial charge on any atom is -0.444 e. The molecule has 1 heterocycles. The van der Waals surface area contributed by atoms with Crippen LogP contribution in [0.15, 0.2) is 53.4 Å². The number of nitrogens with zero attached hydrogens (tertiary/aromatic N) is 1. The summed E-state index contributed by atoms with van der Waals surface area (Å²) >= 11 is 0. The SMILES string of the molecule is CC(C)c1ccc(NC(=O)C2(NC(=O)OC(C)(C)C)CCN(S(=O)(=O)c3ccc(C(C)C)cc3)CC2)cc1. The molecule has 9 heteroatoms. The lowest BCUT2D eigenvalue weighted by atomic mass is 9.87. The number of carbonyl (C=O) groups excluding carboxylic acids is 2. The predicted octanol–water partition coefficient (Wildman–Crippen LogP) is 5.62. The highest BCUT2D eigenvalue weighted by Crippen LogP contribution is 2.30. The van der Waals surface area contributed by atoms with Crippen LogP contribution < -0.4 is 10.6 Å². The summed E-state index contributed by atoms with van der Waals surface area (Å²) in [5.74, 6) is 0.244. The summed E-state index contributed by atoms with van der Waals surface area (Å²) in [6.07, 6.45) is -0.514. The van der Waals surface area contributed by atoms with Gasteiger partial charge in [-0.1, -0.05) is 52.0 Å². The Hall–Kier alpha value is -2.91. The average Bonchev–Trinajstić information content (AvgIpc) is 2.83. The number of hydrogen-bond acceptors (Lipinski definition) is 5. The van der Waals surface area contributed by atoms with E-state index in [1.54, 1.807) is 32.9 Å². The van der Waals surface area contributed by atoms with Crippen molar-refractivity contribution >= 4 is 27.7 Å². The molecule has 1 aliphatic heterocycles. The summed E-state index contributed by atoms with van der Waals surface area (Å²) in [5, 5.41) is 5.69. The molecule has 3 rings (SSSR count). The van der Waals surface area contributed by atoms with Crippen molar-refractivity contribution in [2.75, 3.05) is 18.4 Å². The van der Waals surface area contributed by atoms with Gasteiger partial charge in [-0.05, 0) is 80.8 Å². The fraction of sp³-hybridized carbons (Fsp3) is 0.517. The number of anilines is 1. The fourth-order valence-corrected chi connectivity index (χ4v) is 5.83. The summed E-state index contributed by atoms with van der Waals surface area (Å²) in [4.78, 5) is 26.6. The molecule has 1 aliphatic rings. The van der Waals surface area contributed by atoms with Crippen LogP contribution in [0.2, 0.25) is 0 Å². The summed E-state index contributed by atoms with van der Waals surface area (Å²) in [6, 6.07) is 14.5. The number of rotatable bonds is 7. The van der Waals surface area contributed by atoms with Gasteiger partial charge in [0, 0.05) is 18.8 Å². The van der Waals surface area contributed by atoms with Gasteiger partial charge in [-0.25, -0.2) is 13.2 Å². The Morgan fingerprint density at radius 3 is 1.79 bits per heavy atom. The van der Waals surface area contributed by atoms with Crippen LogP contribution in [0, 0.1) is 0 Å². The van der Waals surface area contributed by atoms with Gasteiger partial charge >= 0.3 is 6.09 Å². The molecule has 0 atom stereocenters. The highest BCUT2D eigenvalue weighted by atomic mass is 32.2. The number of benzene rings is 2. The van der Waals surface area contributed by atoms with E-state index >= 15 is 0 Å². The molecular formula is C29H41N3O5S. The first-order chi connectivity index (χ1) is 17.6. The van der Waals surface area contributed by atoms with Crippen molar-refractivity contribution < 1.29 is 22.7 Å². The molecule has 8 nitrogen and oxygen atoms in total. The van der Waals surface area contributed by atoms with Gasteiger partial charge in [0.2, 0.25) is 15.9 Å². The number of hydrogen-bond donors (Lipinski definition) is 2. The normalized spacial score (nSPS) is 16.3. The van der Waals surface area contributed by atoms with Crippen molar-refractivity contribution in [1.29, 1.82) is 0 Å². The summed E-state index contributed by atoms with van der Waals surface area (Å²) in [5.41, 5.74) is 0.726. The maximum absolute atomic E-state index is 13.6. The van der Waals surface area contributed by atoms with E-state index in [1.807, 2.05) is 36.4 Å². The van der Waals surface area contributed by atoms with Crippen LogP contribution >= 0.6 is 0 Å². The topological polar surface area (TPSA) is 105 Å². The second-order valence-electron chi connectivity index (χ2n) is 11.6. The van der Waals surface area contributed by atoms with Crippen LogP contribution in [0.1, 0.15) is 84.3 Å². The van der Waals surface area contributed by atoms with Gasteiger partial charge in [0.1, 0.15) is 11.1 Å². The molecule has 0 spiro atoms. The lowest BCUT2D eigenvalue weighted by molar-refractivity contribution is -0.124. The zero-order chi connectivity index (χ0) is 28.3. The Balaban J connectivity index is 1.81. The lowest BCUT2D eigenvalue weighted by Gasteiger charge is -2.40.